The number of rotatable bonds is 7. The molecule has 37 heavy (non-hydrogen) atoms. The van der Waals surface area contributed by atoms with Gasteiger partial charge < -0.3 is 9.84 Å². The molecule has 2 aromatic carbocycles. The number of ether oxygens (including phenoxy) is 1. The smallest absolute Gasteiger partial charge is 0.412 e. The summed E-state index contributed by atoms with van der Waals surface area (Å²) in [6.07, 6.45) is -0.971. The molecular weight excluding hydrogens is 548 g/mol. The summed E-state index contributed by atoms with van der Waals surface area (Å²) in [6.45, 7) is 3.70. The van der Waals surface area contributed by atoms with Gasteiger partial charge in [-0.3, -0.25) is 10.1 Å². The number of anilines is 1. The van der Waals surface area contributed by atoms with Crippen LogP contribution in [0.25, 0.3) is 29.6 Å². The van der Waals surface area contributed by atoms with Crippen molar-refractivity contribution >= 4 is 73.0 Å². The van der Waals surface area contributed by atoms with Gasteiger partial charge in [0, 0.05) is 24.9 Å². The highest BCUT2D eigenvalue weighted by Gasteiger charge is 2.21. The Morgan fingerprint density at radius 2 is 1.76 bits per heavy atom. The SMILES string of the molecule is Cc1nsc(-c2cc3sc(-c4ccc(CC(=O)O)cc4Cl)cc3s2)c1NC(=O)O[C@H](C)c1ccccc1. The minimum absolute atomic E-state index is 0.0633. The van der Waals surface area contributed by atoms with Crippen molar-refractivity contribution < 1.29 is 19.4 Å². The highest BCUT2D eigenvalue weighted by molar-refractivity contribution is 7.32. The van der Waals surface area contributed by atoms with Crippen molar-refractivity contribution in [3.05, 3.63) is 82.5 Å². The van der Waals surface area contributed by atoms with E-state index in [1.807, 2.05) is 50.2 Å². The number of hydrogen-bond donors (Lipinski definition) is 2. The number of aryl methyl sites for hydroxylation is 1. The van der Waals surface area contributed by atoms with Crippen LogP contribution in [-0.4, -0.2) is 21.5 Å². The zero-order valence-electron chi connectivity index (χ0n) is 19.8. The zero-order valence-corrected chi connectivity index (χ0v) is 23.0. The molecule has 0 saturated heterocycles. The molecule has 188 valence electrons. The molecule has 1 atom stereocenters. The Morgan fingerprint density at radius 1 is 1.05 bits per heavy atom. The Balaban J connectivity index is 1.36. The Kier molecular flexibility index (Phi) is 7.30. The number of amides is 1. The van der Waals surface area contributed by atoms with Crippen molar-refractivity contribution in [2.75, 3.05) is 5.32 Å². The molecule has 3 aromatic heterocycles. The quantitative estimate of drug-likeness (QED) is 0.205. The van der Waals surface area contributed by atoms with Crippen LogP contribution >= 0.6 is 45.8 Å². The number of nitrogens with zero attached hydrogens (tertiary/aromatic N) is 1. The van der Waals surface area contributed by atoms with Gasteiger partial charge in [-0.15, -0.1) is 22.7 Å². The van der Waals surface area contributed by atoms with E-state index < -0.39 is 12.1 Å². The van der Waals surface area contributed by atoms with Gasteiger partial charge in [-0.2, -0.15) is 4.37 Å². The predicted molar refractivity (Wildman–Crippen MR) is 152 cm³/mol. The molecule has 0 saturated carbocycles. The number of carbonyl (C=O) groups is 2. The largest absolute Gasteiger partial charge is 0.481 e. The third kappa shape index (κ3) is 5.55. The molecule has 10 heteroatoms. The highest BCUT2D eigenvalue weighted by Crippen LogP contribution is 2.46. The lowest BCUT2D eigenvalue weighted by molar-refractivity contribution is -0.136. The van der Waals surface area contributed by atoms with Gasteiger partial charge in [0.1, 0.15) is 6.10 Å². The number of benzene rings is 2. The summed E-state index contributed by atoms with van der Waals surface area (Å²) in [5.41, 5.74) is 3.84. The minimum atomic E-state index is -0.890. The molecule has 5 rings (SSSR count). The number of carboxylic acids is 1. The number of aromatic nitrogens is 1. The first-order valence-electron chi connectivity index (χ1n) is 11.3. The fourth-order valence-electron chi connectivity index (χ4n) is 3.89. The van der Waals surface area contributed by atoms with E-state index in [0.29, 0.717) is 16.3 Å². The first-order chi connectivity index (χ1) is 17.8. The van der Waals surface area contributed by atoms with Crippen molar-refractivity contribution in [1.29, 1.82) is 0 Å². The molecular formula is C27H21ClN2O4S3. The van der Waals surface area contributed by atoms with Crippen molar-refractivity contribution in [1.82, 2.24) is 4.37 Å². The number of nitrogens with one attached hydrogen (secondary N) is 1. The molecule has 5 aromatic rings. The van der Waals surface area contributed by atoms with E-state index in [1.165, 1.54) is 11.5 Å². The summed E-state index contributed by atoms with van der Waals surface area (Å²) in [4.78, 5) is 26.6. The van der Waals surface area contributed by atoms with Gasteiger partial charge in [0.25, 0.3) is 0 Å². The van der Waals surface area contributed by atoms with E-state index in [1.54, 1.807) is 34.8 Å². The normalized spacial score (nSPS) is 12.0. The summed E-state index contributed by atoms with van der Waals surface area (Å²) in [5.74, 6) is -0.890. The van der Waals surface area contributed by atoms with Crippen molar-refractivity contribution in [3.8, 4) is 20.2 Å². The molecule has 0 radical (unpaired) electrons. The standard InChI is InChI=1S/C27H21ClN2O4S3/c1-14-25(29-27(33)34-15(2)17-6-4-3-5-7-17)26(37-30-14)23-13-22-21(36-23)12-20(35-22)18-9-8-16(10-19(18)28)11-24(31)32/h3-10,12-13,15H,11H2,1-2H3,(H,29,33)(H,31,32)/t15-/m1/s1. The fourth-order valence-corrected chi connectivity index (χ4v) is 7.63. The Labute approximate surface area is 230 Å². The minimum Gasteiger partial charge on any atom is -0.481 e. The van der Waals surface area contributed by atoms with E-state index in [-0.39, 0.29) is 12.5 Å². The lowest BCUT2D eigenvalue weighted by atomic mass is 10.1. The number of hydrogen-bond acceptors (Lipinski definition) is 7. The van der Waals surface area contributed by atoms with E-state index >= 15 is 0 Å². The fraction of sp³-hybridized carbons (Fsp3) is 0.148. The monoisotopic (exact) mass is 568 g/mol. The van der Waals surface area contributed by atoms with E-state index in [2.05, 4.69) is 21.8 Å². The number of aliphatic carboxylic acids is 1. The number of fused-ring (bicyclic) bond motifs is 1. The molecule has 6 nitrogen and oxygen atoms in total. The molecule has 0 aliphatic heterocycles. The first-order valence-corrected chi connectivity index (χ1v) is 14.1. The van der Waals surface area contributed by atoms with Crippen molar-refractivity contribution in [2.45, 2.75) is 26.4 Å². The molecule has 0 aliphatic carbocycles. The second-order valence-electron chi connectivity index (χ2n) is 8.39. The Bertz CT molecular complexity index is 1580. The van der Waals surface area contributed by atoms with Crippen LogP contribution in [0.15, 0.2) is 60.7 Å². The van der Waals surface area contributed by atoms with Gasteiger partial charge in [-0.25, -0.2) is 4.79 Å². The maximum absolute atomic E-state index is 12.7. The van der Waals surface area contributed by atoms with Gasteiger partial charge in [-0.1, -0.05) is 54.1 Å². The Hall–Kier alpha value is -3.24. The highest BCUT2D eigenvalue weighted by atomic mass is 35.5. The molecule has 0 bridgehead atoms. The van der Waals surface area contributed by atoms with Crippen LogP contribution in [0.4, 0.5) is 10.5 Å². The van der Waals surface area contributed by atoms with Crippen LogP contribution < -0.4 is 5.32 Å². The van der Waals surface area contributed by atoms with Gasteiger partial charge in [-0.05, 0) is 54.7 Å². The second kappa shape index (κ2) is 10.6. The third-order valence-corrected chi connectivity index (χ3v) is 9.49. The van der Waals surface area contributed by atoms with E-state index in [9.17, 15) is 9.59 Å². The summed E-state index contributed by atoms with van der Waals surface area (Å²) >= 11 is 11.0. The number of carbonyl (C=O) groups excluding carboxylic acids is 1. The molecule has 2 N–H and O–H groups in total. The van der Waals surface area contributed by atoms with Gasteiger partial charge in [0.05, 0.1) is 27.6 Å². The summed E-state index contributed by atoms with van der Waals surface area (Å²) < 4.78 is 12.2. The lowest BCUT2D eigenvalue weighted by Gasteiger charge is -2.14. The van der Waals surface area contributed by atoms with Gasteiger partial charge >= 0.3 is 12.1 Å². The summed E-state index contributed by atoms with van der Waals surface area (Å²) in [5, 5.41) is 12.4. The number of thiophene rings is 2. The number of carboxylic acid groups (broad SMARTS) is 1. The predicted octanol–water partition coefficient (Wildman–Crippen LogP) is 8.65. The molecule has 0 unspecified atom stereocenters. The topological polar surface area (TPSA) is 88.5 Å². The summed E-state index contributed by atoms with van der Waals surface area (Å²) in [6, 6.07) is 19.1. The van der Waals surface area contributed by atoms with Crippen LogP contribution in [0.1, 0.15) is 29.8 Å². The van der Waals surface area contributed by atoms with Crippen molar-refractivity contribution in [3.63, 3.8) is 0 Å². The van der Waals surface area contributed by atoms with Gasteiger partial charge in [0.15, 0.2) is 0 Å². The first kappa shape index (κ1) is 25.4. The molecule has 0 spiro atoms. The maximum Gasteiger partial charge on any atom is 0.412 e. The molecule has 1 amide bonds. The number of halogens is 1. The second-order valence-corrected chi connectivity index (χ2v) is 11.7. The van der Waals surface area contributed by atoms with E-state index in [4.69, 9.17) is 21.4 Å². The van der Waals surface area contributed by atoms with Crippen molar-refractivity contribution in [2.24, 2.45) is 0 Å². The molecule has 0 aliphatic rings. The summed E-state index contributed by atoms with van der Waals surface area (Å²) in [7, 11) is 0. The average Bonchev–Trinajstić information content (AvgIpc) is 3.53. The van der Waals surface area contributed by atoms with Crippen LogP contribution in [0.3, 0.4) is 0 Å². The van der Waals surface area contributed by atoms with Crippen LogP contribution in [0.2, 0.25) is 5.02 Å². The van der Waals surface area contributed by atoms with Crippen LogP contribution in [0, 0.1) is 6.92 Å². The molecule has 0 fully saturated rings. The van der Waals surface area contributed by atoms with Crippen LogP contribution in [0.5, 0.6) is 0 Å². The molecule has 3 heterocycles. The zero-order chi connectivity index (χ0) is 26.1. The van der Waals surface area contributed by atoms with Crippen LogP contribution in [-0.2, 0) is 16.0 Å². The van der Waals surface area contributed by atoms with Gasteiger partial charge in [0.2, 0.25) is 0 Å². The average molecular weight is 569 g/mol. The maximum atomic E-state index is 12.7. The lowest BCUT2D eigenvalue weighted by Crippen LogP contribution is -2.16. The third-order valence-electron chi connectivity index (χ3n) is 5.73. The Morgan fingerprint density at radius 3 is 2.46 bits per heavy atom. The van der Waals surface area contributed by atoms with E-state index in [0.717, 1.165) is 40.9 Å².